The van der Waals surface area contributed by atoms with Gasteiger partial charge in [0.2, 0.25) is 0 Å². The lowest BCUT2D eigenvalue weighted by Gasteiger charge is -2.22. The molecule has 0 radical (unpaired) electrons. The predicted octanol–water partition coefficient (Wildman–Crippen LogP) is 1.78. The zero-order valence-corrected chi connectivity index (χ0v) is 9.43. The first-order valence-corrected chi connectivity index (χ1v) is 4.81. The maximum Gasteiger partial charge on any atom is 0.422 e. The van der Waals surface area contributed by atoms with E-state index in [1.165, 1.54) is 6.92 Å². The summed E-state index contributed by atoms with van der Waals surface area (Å²) in [5, 5.41) is 10.8. The van der Waals surface area contributed by atoms with Crippen LogP contribution in [0.3, 0.4) is 0 Å². The Bertz CT molecular complexity index is 292. The SMILES string of the molecule is CCC(C)(CNC(=O)OCC(F)(F)F)C(=O)O. The molecule has 0 aromatic carbocycles. The number of alkyl halides is 3. The molecule has 0 spiro atoms. The third kappa shape index (κ3) is 5.98. The highest BCUT2D eigenvalue weighted by Gasteiger charge is 2.33. The van der Waals surface area contributed by atoms with Crippen LogP contribution in [0, 0.1) is 5.41 Å². The number of hydrogen-bond donors (Lipinski definition) is 2. The van der Waals surface area contributed by atoms with Gasteiger partial charge >= 0.3 is 18.2 Å². The highest BCUT2D eigenvalue weighted by Crippen LogP contribution is 2.20. The second-order valence-electron chi connectivity index (χ2n) is 3.76. The van der Waals surface area contributed by atoms with Gasteiger partial charge < -0.3 is 15.2 Å². The molecule has 5 nitrogen and oxygen atoms in total. The van der Waals surface area contributed by atoms with E-state index in [2.05, 4.69) is 4.74 Å². The van der Waals surface area contributed by atoms with Crippen LogP contribution in [-0.4, -0.2) is 36.5 Å². The summed E-state index contributed by atoms with van der Waals surface area (Å²) >= 11 is 0. The minimum absolute atomic E-state index is 0.224. The Labute approximate surface area is 95.9 Å². The molecule has 0 heterocycles. The van der Waals surface area contributed by atoms with Crippen LogP contribution in [-0.2, 0) is 9.53 Å². The molecule has 1 amide bonds. The maximum atomic E-state index is 11.7. The van der Waals surface area contributed by atoms with Gasteiger partial charge in [0.1, 0.15) is 0 Å². The highest BCUT2D eigenvalue weighted by molar-refractivity contribution is 5.75. The van der Waals surface area contributed by atoms with Gasteiger partial charge in [-0.2, -0.15) is 13.2 Å². The van der Waals surface area contributed by atoms with E-state index in [0.29, 0.717) is 0 Å². The first-order valence-electron chi connectivity index (χ1n) is 4.81. The Kier molecular flexibility index (Phi) is 5.24. The van der Waals surface area contributed by atoms with Gasteiger partial charge in [-0.25, -0.2) is 4.79 Å². The Morgan fingerprint density at radius 3 is 2.24 bits per heavy atom. The number of ether oxygens (including phenoxy) is 1. The lowest BCUT2D eigenvalue weighted by Crippen LogP contribution is -2.41. The topological polar surface area (TPSA) is 75.6 Å². The molecule has 0 rings (SSSR count). The predicted molar refractivity (Wildman–Crippen MR) is 51.4 cm³/mol. The lowest BCUT2D eigenvalue weighted by molar-refractivity contribution is -0.160. The van der Waals surface area contributed by atoms with Crippen molar-refractivity contribution >= 4 is 12.1 Å². The molecule has 0 fully saturated rings. The zero-order valence-electron chi connectivity index (χ0n) is 9.43. The van der Waals surface area contributed by atoms with Gasteiger partial charge in [0.05, 0.1) is 5.41 Å². The molecule has 0 aliphatic carbocycles. The van der Waals surface area contributed by atoms with Crippen molar-refractivity contribution in [3.63, 3.8) is 0 Å². The Hall–Kier alpha value is -1.47. The standard InChI is InChI=1S/C9H14F3NO4/c1-3-8(2,6(14)15)4-13-7(16)17-5-9(10,11)12/h3-5H2,1-2H3,(H,13,16)(H,14,15). The van der Waals surface area contributed by atoms with Gasteiger partial charge in [0.15, 0.2) is 6.61 Å². The normalized spacial score (nSPS) is 14.9. The first kappa shape index (κ1) is 15.5. The lowest BCUT2D eigenvalue weighted by atomic mass is 9.88. The molecule has 0 aliphatic heterocycles. The van der Waals surface area contributed by atoms with E-state index in [4.69, 9.17) is 5.11 Å². The van der Waals surface area contributed by atoms with Crippen molar-refractivity contribution in [2.75, 3.05) is 13.2 Å². The molecule has 1 atom stereocenters. The largest absolute Gasteiger partial charge is 0.481 e. The van der Waals surface area contributed by atoms with Gasteiger partial charge in [-0.15, -0.1) is 0 Å². The molecule has 0 aromatic heterocycles. The van der Waals surface area contributed by atoms with E-state index < -0.39 is 30.3 Å². The van der Waals surface area contributed by atoms with Crippen molar-refractivity contribution < 1.29 is 32.6 Å². The number of carbonyl (C=O) groups excluding carboxylic acids is 1. The fourth-order valence-corrected chi connectivity index (χ4v) is 0.817. The van der Waals surface area contributed by atoms with Crippen molar-refractivity contribution in [1.29, 1.82) is 0 Å². The molecular weight excluding hydrogens is 243 g/mol. The smallest absolute Gasteiger partial charge is 0.422 e. The summed E-state index contributed by atoms with van der Waals surface area (Å²) in [4.78, 5) is 21.7. The fourth-order valence-electron chi connectivity index (χ4n) is 0.817. The Morgan fingerprint density at radius 2 is 1.88 bits per heavy atom. The van der Waals surface area contributed by atoms with Gasteiger partial charge in [-0.1, -0.05) is 6.92 Å². The van der Waals surface area contributed by atoms with Crippen molar-refractivity contribution in [1.82, 2.24) is 5.32 Å². The minimum Gasteiger partial charge on any atom is -0.481 e. The number of rotatable bonds is 5. The molecule has 0 aliphatic rings. The van der Waals surface area contributed by atoms with Crippen LogP contribution in [0.1, 0.15) is 20.3 Å². The summed E-state index contributed by atoms with van der Waals surface area (Å²) in [5.41, 5.74) is -1.22. The monoisotopic (exact) mass is 257 g/mol. The Balaban J connectivity index is 4.11. The third-order valence-corrected chi connectivity index (χ3v) is 2.29. The van der Waals surface area contributed by atoms with E-state index in [1.807, 2.05) is 5.32 Å². The number of halogens is 3. The molecule has 100 valence electrons. The summed E-state index contributed by atoms with van der Waals surface area (Å²) in [5.74, 6) is -1.14. The van der Waals surface area contributed by atoms with Crippen LogP contribution in [0.5, 0.6) is 0 Å². The van der Waals surface area contributed by atoms with Crippen LogP contribution >= 0.6 is 0 Å². The maximum absolute atomic E-state index is 11.7. The Morgan fingerprint density at radius 1 is 1.35 bits per heavy atom. The summed E-state index contributed by atoms with van der Waals surface area (Å²) in [6.45, 7) is 0.973. The van der Waals surface area contributed by atoms with Crippen molar-refractivity contribution in [3.8, 4) is 0 Å². The molecule has 1 unspecified atom stereocenters. The van der Waals surface area contributed by atoms with Crippen LogP contribution in [0.2, 0.25) is 0 Å². The van der Waals surface area contributed by atoms with E-state index >= 15 is 0 Å². The van der Waals surface area contributed by atoms with E-state index in [-0.39, 0.29) is 13.0 Å². The summed E-state index contributed by atoms with van der Waals surface area (Å²) in [7, 11) is 0. The fraction of sp³-hybridized carbons (Fsp3) is 0.778. The van der Waals surface area contributed by atoms with E-state index in [0.717, 1.165) is 0 Å². The van der Waals surface area contributed by atoms with Crippen molar-refractivity contribution in [3.05, 3.63) is 0 Å². The molecule has 8 heteroatoms. The summed E-state index contributed by atoms with van der Waals surface area (Å²) in [6, 6.07) is 0. The minimum atomic E-state index is -4.60. The summed E-state index contributed by atoms with van der Waals surface area (Å²) < 4.78 is 38.9. The number of carboxylic acids is 1. The van der Waals surface area contributed by atoms with Crippen molar-refractivity contribution in [2.45, 2.75) is 26.4 Å². The second-order valence-corrected chi connectivity index (χ2v) is 3.76. The van der Waals surface area contributed by atoms with Gasteiger partial charge in [0.25, 0.3) is 0 Å². The number of aliphatic carboxylic acids is 1. The molecule has 2 N–H and O–H groups in total. The zero-order chi connectivity index (χ0) is 13.7. The van der Waals surface area contributed by atoms with Gasteiger partial charge in [-0.05, 0) is 13.3 Å². The molecule has 17 heavy (non-hydrogen) atoms. The quantitative estimate of drug-likeness (QED) is 0.787. The van der Waals surface area contributed by atoms with Crippen LogP contribution in [0.4, 0.5) is 18.0 Å². The molecule has 0 bridgehead atoms. The van der Waals surface area contributed by atoms with Crippen LogP contribution in [0.15, 0.2) is 0 Å². The first-order chi connectivity index (χ1) is 7.60. The van der Waals surface area contributed by atoms with Crippen molar-refractivity contribution in [2.24, 2.45) is 5.41 Å². The third-order valence-electron chi connectivity index (χ3n) is 2.29. The molecular formula is C9H14F3NO4. The number of alkyl carbamates (subject to hydrolysis) is 1. The van der Waals surface area contributed by atoms with E-state index in [9.17, 15) is 22.8 Å². The molecule has 0 saturated carbocycles. The molecule has 0 aromatic rings. The number of amides is 1. The number of carboxylic acid groups (broad SMARTS) is 1. The van der Waals surface area contributed by atoms with E-state index in [1.54, 1.807) is 6.92 Å². The summed E-state index contributed by atoms with van der Waals surface area (Å²) in [6.07, 6.45) is -5.66. The number of carbonyl (C=O) groups is 2. The van der Waals surface area contributed by atoms with Crippen LogP contribution < -0.4 is 5.32 Å². The number of nitrogens with one attached hydrogen (secondary N) is 1. The second kappa shape index (κ2) is 5.74. The average molecular weight is 257 g/mol. The average Bonchev–Trinajstić information content (AvgIpc) is 2.21. The highest BCUT2D eigenvalue weighted by atomic mass is 19.4. The number of hydrogen-bond acceptors (Lipinski definition) is 3. The van der Waals surface area contributed by atoms with Gasteiger partial charge in [0, 0.05) is 6.54 Å². The van der Waals surface area contributed by atoms with Gasteiger partial charge in [-0.3, -0.25) is 4.79 Å². The van der Waals surface area contributed by atoms with Crippen LogP contribution in [0.25, 0.3) is 0 Å². The molecule has 0 saturated heterocycles.